The van der Waals surface area contributed by atoms with Crippen LogP contribution in [0, 0.1) is 0 Å². The lowest BCUT2D eigenvalue weighted by Crippen LogP contribution is -2.30. The lowest BCUT2D eigenvalue weighted by atomic mass is 9.67. The number of fused-ring (bicyclic) bond motifs is 20. The summed E-state index contributed by atoms with van der Waals surface area (Å²) in [5.74, 6) is 1.62. The van der Waals surface area contributed by atoms with Gasteiger partial charge < -0.3 is 9.97 Å². The minimum Gasteiger partial charge on any atom is -0.324 e. The molecule has 3 N–H and O–H groups in total. The fraction of sp³-hybridized carbons (Fsp3) is 0.273. The molecule has 0 spiro atoms. The minimum absolute atomic E-state index is 0.193. The zero-order chi connectivity index (χ0) is 39.7. The number of nitrogens with one attached hydrogen (secondary N) is 2. The van der Waals surface area contributed by atoms with E-state index >= 15 is 0 Å². The smallest absolute Gasteiger partial charge is 0.295 e. The first-order valence-electron chi connectivity index (χ1n) is 18.6. The molecule has 2 aliphatic rings. The molecule has 9 rings (SSSR count). The molecule has 4 aromatic carbocycles. The maximum absolute atomic E-state index is 14.0. The Balaban J connectivity index is 1.62. The molecule has 2 aliphatic heterocycles. The van der Waals surface area contributed by atoms with Crippen LogP contribution in [0.25, 0.3) is 89.7 Å². The molecule has 0 saturated heterocycles. The van der Waals surface area contributed by atoms with Crippen LogP contribution in [0.5, 0.6) is 0 Å². The average Bonchev–Trinajstić information content (AvgIpc) is 3.84. The van der Waals surface area contributed by atoms with Gasteiger partial charge >= 0.3 is 0 Å². The van der Waals surface area contributed by atoms with E-state index in [1.807, 2.05) is 93.6 Å². The predicted molar refractivity (Wildman–Crippen MR) is 222 cm³/mol. The molecule has 0 fully saturated rings. The van der Waals surface area contributed by atoms with Crippen molar-refractivity contribution in [2.45, 2.75) is 83.5 Å². The molecule has 56 heavy (non-hydrogen) atoms. The summed E-state index contributed by atoms with van der Waals surface area (Å²) in [6.07, 6.45) is 0. The Morgan fingerprint density at radius 2 is 0.786 bits per heavy atom. The van der Waals surface area contributed by atoms with Crippen LogP contribution in [0.1, 0.15) is 79.0 Å². The van der Waals surface area contributed by atoms with Crippen LogP contribution in [0.2, 0.25) is 0 Å². The summed E-state index contributed by atoms with van der Waals surface area (Å²) in [7, 11) is -4.87. The fourth-order valence-electron chi connectivity index (χ4n) is 8.34. The second-order valence-corrected chi connectivity index (χ2v) is 19.0. The van der Waals surface area contributed by atoms with E-state index in [-0.39, 0.29) is 15.9 Å². The van der Waals surface area contributed by atoms with Gasteiger partial charge in [0.05, 0.1) is 0 Å². The summed E-state index contributed by atoms with van der Waals surface area (Å²) >= 11 is 0. The standard InChI is InChI=1S/C44H42N8O3S/c1-42(2,3)30-28-29(33(56(53,54)55)32(44(7,8)9)31(30)43(4,5)6)41-51-39-27-21-15-13-19-25(27)37(49-39)47-35-23-17-11-10-16-22(23)34(45-35)46-36-24-18-12-14-20-26(24)38(48-36)50-40(28)52-41/h10-21H,1-9H3,(H,53,54,55)(H2,45,46,47,48,49,50,51,52). The highest BCUT2D eigenvalue weighted by molar-refractivity contribution is 7.86. The molecule has 0 atom stereocenters. The Hall–Kier alpha value is -5.85. The zero-order valence-electron chi connectivity index (χ0n) is 32.8. The van der Waals surface area contributed by atoms with Crippen LogP contribution < -0.4 is 0 Å². The Morgan fingerprint density at radius 1 is 0.446 bits per heavy atom. The molecule has 0 aliphatic carbocycles. The maximum Gasteiger partial charge on any atom is 0.295 e. The van der Waals surface area contributed by atoms with Crippen molar-refractivity contribution in [1.82, 2.24) is 39.9 Å². The van der Waals surface area contributed by atoms with Crippen molar-refractivity contribution in [3.8, 4) is 45.6 Å². The van der Waals surface area contributed by atoms with Crippen LogP contribution in [-0.4, -0.2) is 52.8 Å². The predicted octanol–water partition coefficient (Wildman–Crippen LogP) is 10.0. The zero-order valence-corrected chi connectivity index (χ0v) is 33.6. The highest BCUT2D eigenvalue weighted by Crippen LogP contribution is 2.50. The number of benzene rings is 4. The fourth-order valence-corrected chi connectivity index (χ4v) is 9.46. The van der Waals surface area contributed by atoms with Crippen molar-refractivity contribution < 1.29 is 13.0 Å². The van der Waals surface area contributed by atoms with Crippen LogP contribution in [0.15, 0.2) is 77.7 Å². The first-order valence-corrected chi connectivity index (χ1v) is 20.1. The largest absolute Gasteiger partial charge is 0.324 e. The van der Waals surface area contributed by atoms with Gasteiger partial charge in [-0.1, -0.05) is 135 Å². The van der Waals surface area contributed by atoms with Gasteiger partial charge in [0, 0.05) is 43.8 Å². The third-order valence-corrected chi connectivity index (χ3v) is 11.4. The molecule has 3 aromatic heterocycles. The Morgan fingerprint density at radius 3 is 1.16 bits per heavy atom. The molecule has 0 unspecified atom stereocenters. The second-order valence-electron chi connectivity index (χ2n) is 17.7. The van der Waals surface area contributed by atoms with Gasteiger partial charge in [-0.05, 0) is 32.9 Å². The van der Waals surface area contributed by atoms with E-state index < -0.39 is 26.4 Å². The van der Waals surface area contributed by atoms with Crippen LogP contribution in [-0.2, 0) is 26.4 Å². The summed E-state index contributed by atoms with van der Waals surface area (Å²) in [5.41, 5.74) is 5.18. The first kappa shape index (κ1) is 35.8. The second kappa shape index (κ2) is 11.8. The third-order valence-electron chi connectivity index (χ3n) is 10.5. The van der Waals surface area contributed by atoms with Crippen LogP contribution in [0.3, 0.4) is 0 Å². The first-order chi connectivity index (χ1) is 26.3. The van der Waals surface area contributed by atoms with Crippen LogP contribution in [0.4, 0.5) is 0 Å². The summed E-state index contributed by atoms with van der Waals surface area (Å²) in [5, 5.41) is 2.51. The number of hydrogen-bond donors (Lipinski definition) is 3. The SMILES string of the molecule is CC(C)(C)c1c(C(C)(C)C)c(S(=O)(=O)O)c2c3nc4nc(nc5[nH]c(nc6nc(nc([nH]3)c2c1C(C)(C)C)-c1ccccc1-6)c1ccccc51)-c1ccccc1-4. The number of hydrogen-bond acceptors (Lipinski definition) is 8. The van der Waals surface area contributed by atoms with Crippen molar-refractivity contribution in [3.05, 3.63) is 89.5 Å². The van der Waals surface area contributed by atoms with E-state index in [0.29, 0.717) is 51.2 Å². The van der Waals surface area contributed by atoms with E-state index in [9.17, 15) is 13.0 Å². The van der Waals surface area contributed by atoms with Crippen molar-refractivity contribution >= 4 is 54.3 Å². The lowest BCUT2D eigenvalue weighted by molar-refractivity contribution is 0.467. The molecule has 0 saturated carbocycles. The van der Waals surface area contributed by atoms with E-state index in [4.69, 9.17) is 29.9 Å². The van der Waals surface area contributed by atoms with E-state index in [2.05, 4.69) is 51.5 Å². The van der Waals surface area contributed by atoms with Gasteiger partial charge in [0.1, 0.15) is 27.5 Å². The van der Waals surface area contributed by atoms with Gasteiger partial charge in [-0.2, -0.15) is 8.42 Å². The number of aromatic nitrogens is 8. The average molecular weight is 763 g/mol. The summed E-state index contributed by atoms with van der Waals surface area (Å²) in [4.78, 5) is 37.3. The van der Waals surface area contributed by atoms with E-state index in [0.717, 1.165) is 44.2 Å². The van der Waals surface area contributed by atoms with Gasteiger partial charge in [0.25, 0.3) is 10.1 Å². The monoisotopic (exact) mass is 762 g/mol. The molecule has 0 amide bonds. The van der Waals surface area contributed by atoms with Gasteiger partial charge in [-0.3, -0.25) is 4.55 Å². The molecule has 0 radical (unpaired) electrons. The lowest BCUT2D eigenvalue weighted by Gasteiger charge is -2.38. The molecule has 11 nitrogen and oxygen atoms in total. The van der Waals surface area contributed by atoms with Crippen molar-refractivity contribution in [1.29, 1.82) is 0 Å². The van der Waals surface area contributed by atoms with Crippen molar-refractivity contribution in [3.63, 3.8) is 0 Å². The molecular weight excluding hydrogens is 721 g/mol. The summed E-state index contributed by atoms with van der Waals surface area (Å²) in [6.45, 7) is 18.5. The topological polar surface area (TPSA) is 163 Å². The normalized spacial score (nSPS) is 13.3. The number of nitrogens with zero attached hydrogens (tertiary/aromatic N) is 6. The van der Waals surface area contributed by atoms with Gasteiger partial charge in [-0.15, -0.1) is 0 Å². The highest BCUT2D eigenvalue weighted by atomic mass is 32.2. The molecule has 5 heterocycles. The summed E-state index contributed by atoms with van der Waals surface area (Å²) in [6, 6.07) is 23.4. The quantitative estimate of drug-likeness (QED) is 0.138. The van der Waals surface area contributed by atoms with E-state index in [1.54, 1.807) is 0 Å². The molecule has 7 aromatic rings. The molecular formula is C44H42N8O3S. The highest BCUT2D eigenvalue weighted by Gasteiger charge is 2.41. The van der Waals surface area contributed by atoms with Gasteiger partial charge in [-0.25, -0.2) is 29.9 Å². The van der Waals surface area contributed by atoms with Gasteiger partial charge in [0.2, 0.25) is 0 Å². The Bertz CT molecular complexity index is 3120. The maximum atomic E-state index is 14.0. The van der Waals surface area contributed by atoms with Gasteiger partial charge in [0.15, 0.2) is 23.3 Å². The molecule has 12 heteroatoms. The Labute approximate surface area is 324 Å². The number of aromatic amines is 2. The third kappa shape index (κ3) is 5.53. The van der Waals surface area contributed by atoms with Crippen molar-refractivity contribution in [2.75, 3.05) is 0 Å². The molecule has 282 valence electrons. The van der Waals surface area contributed by atoms with Crippen LogP contribution >= 0.6 is 0 Å². The van der Waals surface area contributed by atoms with Crippen molar-refractivity contribution in [2.24, 2.45) is 0 Å². The number of H-pyrrole nitrogens is 2. The molecule has 8 bridgehead atoms. The van der Waals surface area contributed by atoms with E-state index in [1.165, 1.54) is 0 Å². The number of rotatable bonds is 1. The minimum atomic E-state index is -4.87. The Kier molecular flexibility index (Phi) is 7.57. The summed E-state index contributed by atoms with van der Waals surface area (Å²) < 4.78 is 39.4.